The van der Waals surface area contributed by atoms with Crippen LogP contribution in [0.2, 0.25) is 0 Å². The topological polar surface area (TPSA) is 26.3 Å². The molecule has 1 unspecified atom stereocenters. The molecule has 1 aliphatic carbocycles. The fourth-order valence-electron chi connectivity index (χ4n) is 1.39. The van der Waals surface area contributed by atoms with Gasteiger partial charge in [-0.3, -0.25) is 4.79 Å². The predicted octanol–water partition coefficient (Wildman–Crippen LogP) is 1.00. The van der Waals surface area contributed by atoms with Gasteiger partial charge < -0.3 is 4.74 Å². The summed E-state index contributed by atoms with van der Waals surface area (Å²) in [6.07, 6.45) is 0.531. The van der Waals surface area contributed by atoms with Crippen molar-refractivity contribution < 1.29 is 9.53 Å². The van der Waals surface area contributed by atoms with Crippen molar-refractivity contribution in [3.05, 3.63) is 0 Å². The van der Waals surface area contributed by atoms with Crippen LogP contribution in [-0.2, 0) is 9.53 Å². The molecule has 0 amide bonds. The first-order chi connectivity index (χ1) is 4.08. The van der Waals surface area contributed by atoms with E-state index in [1.54, 1.807) is 7.11 Å². The number of hydrogen-bond acceptors (Lipinski definition) is 2. The van der Waals surface area contributed by atoms with Crippen molar-refractivity contribution in [1.82, 2.24) is 0 Å². The Morgan fingerprint density at radius 1 is 1.67 bits per heavy atom. The van der Waals surface area contributed by atoms with E-state index in [9.17, 15) is 4.79 Å². The van der Waals surface area contributed by atoms with Gasteiger partial charge in [-0.15, -0.1) is 0 Å². The maximum Gasteiger partial charge on any atom is 0.162 e. The van der Waals surface area contributed by atoms with Gasteiger partial charge in [0.1, 0.15) is 6.10 Å². The van der Waals surface area contributed by atoms with Crippen LogP contribution < -0.4 is 0 Å². The molecule has 2 nitrogen and oxygen atoms in total. The summed E-state index contributed by atoms with van der Waals surface area (Å²) in [5, 5.41) is 0. The number of carbonyl (C=O) groups is 1. The third-order valence-corrected chi connectivity index (χ3v) is 1.87. The van der Waals surface area contributed by atoms with Gasteiger partial charge in [0, 0.05) is 18.9 Å². The van der Waals surface area contributed by atoms with E-state index in [1.807, 2.05) is 13.8 Å². The van der Waals surface area contributed by atoms with E-state index in [2.05, 4.69) is 0 Å². The SMILES string of the molecule is COC1C(=O)CC1(C)C. The van der Waals surface area contributed by atoms with Gasteiger partial charge in [-0.2, -0.15) is 0 Å². The van der Waals surface area contributed by atoms with E-state index in [1.165, 1.54) is 0 Å². The molecule has 0 radical (unpaired) electrons. The van der Waals surface area contributed by atoms with E-state index in [4.69, 9.17) is 4.74 Å². The minimum Gasteiger partial charge on any atom is -0.373 e. The summed E-state index contributed by atoms with van der Waals surface area (Å²) in [7, 11) is 1.59. The van der Waals surface area contributed by atoms with Crippen LogP contribution >= 0.6 is 0 Å². The molecule has 1 rings (SSSR count). The van der Waals surface area contributed by atoms with Gasteiger partial charge in [-0.25, -0.2) is 0 Å². The van der Waals surface area contributed by atoms with Crippen LogP contribution in [0.3, 0.4) is 0 Å². The van der Waals surface area contributed by atoms with Crippen LogP contribution in [0.5, 0.6) is 0 Å². The number of ketones is 1. The maximum absolute atomic E-state index is 10.8. The first-order valence-corrected chi connectivity index (χ1v) is 3.13. The van der Waals surface area contributed by atoms with Crippen molar-refractivity contribution in [3.63, 3.8) is 0 Å². The lowest BCUT2D eigenvalue weighted by molar-refractivity contribution is -0.154. The minimum atomic E-state index is -0.141. The molecule has 0 aromatic carbocycles. The molecule has 0 aromatic rings. The molecule has 0 saturated heterocycles. The molecule has 1 fully saturated rings. The molecule has 1 saturated carbocycles. The average molecular weight is 128 g/mol. The highest BCUT2D eigenvalue weighted by molar-refractivity contribution is 5.90. The van der Waals surface area contributed by atoms with Crippen LogP contribution in [0.25, 0.3) is 0 Å². The molecule has 0 heterocycles. The zero-order valence-corrected chi connectivity index (χ0v) is 6.10. The maximum atomic E-state index is 10.8. The van der Waals surface area contributed by atoms with Crippen LogP contribution in [0.15, 0.2) is 0 Å². The van der Waals surface area contributed by atoms with Crippen LogP contribution in [0.4, 0.5) is 0 Å². The van der Waals surface area contributed by atoms with Gasteiger partial charge in [0.25, 0.3) is 0 Å². The van der Waals surface area contributed by atoms with Crippen molar-refractivity contribution in [1.29, 1.82) is 0 Å². The van der Waals surface area contributed by atoms with Crippen LogP contribution in [-0.4, -0.2) is 19.0 Å². The largest absolute Gasteiger partial charge is 0.373 e. The van der Waals surface area contributed by atoms with Gasteiger partial charge in [0.05, 0.1) is 0 Å². The van der Waals surface area contributed by atoms with Crippen molar-refractivity contribution in [2.24, 2.45) is 5.41 Å². The zero-order chi connectivity index (χ0) is 7.07. The highest BCUT2D eigenvalue weighted by Crippen LogP contribution is 2.38. The van der Waals surface area contributed by atoms with E-state index >= 15 is 0 Å². The standard InChI is InChI=1S/C7H12O2/c1-7(2)4-5(8)6(7)9-3/h6H,4H2,1-3H3. The average Bonchev–Trinajstić information content (AvgIpc) is 1.63. The molecule has 0 N–H and O–H groups in total. The molecule has 1 aliphatic rings. The lowest BCUT2D eigenvalue weighted by atomic mass is 9.68. The smallest absolute Gasteiger partial charge is 0.162 e. The van der Waals surface area contributed by atoms with E-state index in [-0.39, 0.29) is 17.3 Å². The van der Waals surface area contributed by atoms with Crippen molar-refractivity contribution >= 4 is 5.78 Å². The second-order valence-electron chi connectivity index (χ2n) is 3.25. The van der Waals surface area contributed by atoms with Crippen molar-refractivity contribution in [2.75, 3.05) is 7.11 Å². The summed E-state index contributed by atoms with van der Waals surface area (Å²) >= 11 is 0. The molecule has 52 valence electrons. The summed E-state index contributed by atoms with van der Waals surface area (Å²) in [4.78, 5) is 10.8. The van der Waals surface area contributed by atoms with Crippen molar-refractivity contribution in [2.45, 2.75) is 26.4 Å². The molecule has 2 heteroatoms. The fraction of sp³-hybridized carbons (Fsp3) is 0.857. The second kappa shape index (κ2) is 1.81. The van der Waals surface area contributed by atoms with Gasteiger partial charge >= 0.3 is 0 Å². The molecule has 9 heavy (non-hydrogen) atoms. The summed E-state index contributed by atoms with van der Waals surface area (Å²) in [6.45, 7) is 4.09. The lowest BCUT2D eigenvalue weighted by Crippen LogP contribution is -2.50. The Bertz CT molecular complexity index is 138. The minimum absolute atomic E-state index is 0.0891. The molecule has 1 atom stereocenters. The highest BCUT2D eigenvalue weighted by atomic mass is 16.5. The molecular formula is C7H12O2. The Hall–Kier alpha value is -0.370. The summed E-state index contributed by atoms with van der Waals surface area (Å²) < 4.78 is 4.96. The normalized spacial score (nSPS) is 31.9. The molecule has 0 aromatic heterocycles. The molecule has 0 bridgehead atoms. The lowest BCUT2D eigenvalue weighted by Gasteiger charge is -2.41. The Morgan fingerprint density at radius 2 is 2.22 bits per heavy atom. The third-order valence-electron chi connectivity index (χ3n) is 1.87. The Morgan fingerprint density at radius 3 is 2.33 bits per heavy atom. The zero-order valence-electron chi connectivity index (χ0n) is 6.10. The molecule has 0 aliphatic heterocycles. The third kappa shape index (κ3) is 0.874. The van der Waals surface area contributed by atoms with Gasteiger partial charge in [0.2, 0.25) is 0 Å². The van der Waals surface area contributed by atoms with Gasteiger partial charge in [-0.1, -0.05) is 13.8 Å². The Kier molecular flexibility index (Phi) is 1.35. The first kappa shape index (κ1) is 6.75. The first-order valence-electron chi connectivity index (χ1n) is 3.13. The van der Waals surface area contributed by atoms with E-state index in [0.717, 1.165) is 0 Å². The quantitative estimate of drug-likeness (QED) is 0.526. The Balaban J connectivity index is 2.58. The van der Waals surface area contributed by atoms with E-state index < -0.39 is 0 Å². The monoisotopic (exact) mass is 128 g/mol. The highest BCUT2D eigenvalue weighted by Gasteiger charge is 2.46. The van der Waals surface area contributed by atoms with Crippen LogP contribution in [0, 0.1) is 5.41 Å². The predicted molar refractivity (Wildman–Crippen MR) is 34.2 cm³/mol. The van der Waals surface area contributed by atoms with Gasteiger partial charge in [-0.05, 0) is 0 Å². The second-order valence-corrected chi connectivity index (χ2v) is 3.25. The Labute approximate surface area is 55.2 Å². The number of methoxy groups -OCH3 is 1. The summed E-state index contributed by atoms with van der Waals surface area (Å²) in [6, 6.07) is 0. The number of hydrogen-bond donors (Lipinski definition) is 0. The van der Waals surface area contributed by atoms with Gasteiger partial charge in [0.15, 0.2) is 5.78 Å². The summed E-state index contributed by atoms with van der Waals surface area (Å²) in [5.41, 5.74) is 0.0891. The number of carbonyl (C=O) groups excluding carboxylic acids is 1. The molecular weight excluding hydrogens is 116 g/mol. The van der Waals surface area contributed by atoms with Crippen LogP contribution in [0.1, 0.15) is 20.3 Å². The van der Waals surface area contributed by atoms with Crippen molar-refractivity contribution in [3.8, 4) is 0 Å². The van der Waals surface area contributed by atoms with E-state index in [0.29, 0.717) is 6.42 Å². The fourth-order valence-corrected chi connectivity index (χ4v) is 1.39. The number of Topliss-reactive ketones (excluding diaryl/α,β-unsaturated/α-hetero) is 1. The summed E-state index contributed by atoms with van der Waals surface area (Å²) in [5.74, 6) is 0.238. The number of rotatable bonds is 1. The molecule has 0 spiro atoms. The number of ether oxygens (including phenoxy) is 1.